The van der Waals surface area contributed by atoms with Crippen molar-refractivity contribution in [1.82, 2.24) is 4.98 Å². The zero-order valence-corrected chi connectivity index (χ0v) is 15.9. The largest absolute Gasteiger partial charge is 0.455 e. The van der Waals surface area contributed by atoms with Crippen molar-refractivity contribution in [3.63, 3.8) is 0 Å². The van der Waals surface area contributed by atoms with Crippen molar-refractivity contribution < 1.29 is 14.3 Å². The molecule has 3 aromatic rings. The lowest BCUT2D eigenvalue weighted by atomic mass is 10.1. The quantitative estimate of drug-likeness (QED) is 0.619. The minimum Gasteiger partial charge on any atom is -0.455 e. The van der Waals surface area contributed by atoms with Gasteiger partial charge in [0.05, 0.1) is 12.1 Å². The molecule has 0 atom stereocenters. The first-order valence-electron chi connectivity index (χ1n) is 8.16. The summed E-state index contributed by atoms with van der Waals surface area (Å²) >= 11 is 2.82. The van der Waals surface area contributed by atoms with Crippen molar-refractivity contribution in [1.29, 1.82) is 0 Å². The van der Waals surface area contributed by atoms with Crippen LogP contribution in [0.25, 0.3) is 11.3 Å². The van der Waals surface area contributed by atoms with E-state index in [4.69, 9.17) is 4.74 Å². The molecule has 0 fully saturated rings. The highest BCUT2D eigenvalue weighted by molar-refractivity contribution is 7.14. The summed E-state index contributed by atoms with van der Waals surface area (Å²) in [7, 11) is 0. The molecule has 0 aliphatic heterocycles. The van der Waals surface area contributed by atoms with E-state index in [1.807, 2.05) is 35.0 Å². The lowest BCUT2D eigenvalue weighted by Crippen LogP contribution is -2.21. The summed E-state index contributed by atoms with van der Waals surface area (Å²) in [6.07, 6.45) is 1.17. The van der Waals surface area contributed by atoms with Crippen LogP contribution in [-0.4, -0.2) is 23.5 Å². The minimum absolute atomic E-state index is 0.181. The maximum Gasteiger partial charge on any atom is 0.311 e. The third-order valence-electron chi connectivity index (χ3n) is 3.67. The number of rotatable bonds is 7. The van der Waals surface area contributed by atoms with E-state index in [1.54, 1.807) is 0 Å². The van der Waals surface area contributed by atoms with Crippen molar-refractivity contribution in [2.75, 3.05) is 11.9 Å². The van der Waals surface area contributed by atoms with Crippen LogP contribution in [0.2, 0.25) is 0 Å². The molecular weight excluding hydrogens is 368 g/mol. The lowest BCUT2D eigenvalue weighted by Gasteiger charge is -2.04. The third-order valence-corrected chi connectivity index (χ3v) is 5.31. The van der Waals surface area contributed by atoms with Crippen LogP contribution in [0.5, 0.6) is 0 Å². The van der Waals surface area contributed by atoms with E-state index in [-0.39, 0.29) is 13.0 Å². The molecule has 0 radical (unpaired) electrons. The van der Waals surface area contributed by atoms with E-state index in [0.717, 1.165) is 22.6 Å². The molecule has 2 aromatic heterocycles. The number of thiazole rings is 1. The number of amides is 1. The molecule has 1 N–H and O–H groups in total. The Morgan fingerprint density at radius 1 is 1.15 bits per heavy atom. The lowest BCUT2D eigenvalue weighted by molar-refractivity contribution is -0.146. The summed E-state index contributed by atoms with van der Waals surface area (Å²) in [4.78, 5) is 29.0. The second-order valence-corrected chi connectivity index (χ2v) is 7.44. The van der Waals surface area contributed by atoms with Crippen molar-refractivity contribution in [3.05, 3.63) is 57.6 Å². The van der Waals surface area contributed by atoms with E-state index < -0.39 is 11.9 Å². The highest BCUT2D eigenvalue weighted by Crippen LogP contribution is 2.25. The molecular formula is C19H18N2O3S2. The Morgan fingerprint density at radius 3 is 2.65 bits per heavy atom. The first-order chi connectivity index (χ1) is 12.6. The molecule has 0 unspecified atom stereocenters. The number of benzene rings is 1. The van der Waals surface area contributed by atoms with Gasteiger partial charge in [0.25, 0.3) is 5.91 Å². The van der Waals surface area contributed by atoms with Gasteiger partial charge in [0.1, 0.15) is 0 Å². The summed E-state index contributed by atoms with van der Waals surface area (Å²) in [6.45, 7) is 1.79. The van der Waals surface area contributed by atoms with Crippen LogP contribution in [0.15, 0.2) is 47.2 Å². The minimum atomic E-state index is -0.418. The normalized spacial score (nSPS) is 10.5. The number of anilines is 1. The van der Waals surface area contributed by atoms with Gasteiger partial charge in [-0.15, -0.1) is 22.7 Å². The fourth-order valence-corrected chi connectivity index (χ4v) is 3.71. The van der Waals surface area contributed by atoms with Crippen LogP contribution < -0.4 is 5.32 Å². The van der Waals surface area contributed by atoms with Gasteiger partial charge in [-0.25, -0.2) is 4.98 Å². The van der Waals surface area contributed by atoms with Crippen LogP contribution in [0.3, 0.4) is 0 Å². The fraction of sp³-hybridized carbons (Fsp3) is 0.211. The number of esters is 1. The number of thiophene rings is 1. The monoisotopic (exact) mass is 386 g/mol. The Bertz CT molecular complexity index is 871. The van der Waals surface area contributed by atoms with Gasteiger partial charge in [-0.2, -0.15) is 0 Å². The van der Waals surface area contributed by atoms with Gasteiger partial charge in [0.15, 0.2) is 11.7 Å². The maximum atomic E-state index is 11.9. The molecule has 0 spiro atoms. The van der Waals surface area contributed by atoms with Gasteiger partial charge in [0.2, 0.25) is 0 Å². The third kappa shape index (κ3) is 5.00. The van der Waals surface area contributed by atoms with Crippen molar-refractivity contribution in [2.24, 2.45) is 0 Å². The predicted octanol–water partition coefficient (Wildman–Crippen LogP) is 4.16. The van der Waals surface area contributed by atoms with E-state index in [9.17, 15) is 9.59 Å². The second-order valence-electron chi connectivity index (χ2n) is 5.55. The van der Waals surface area contributed by atoms with E-state index in [0.29, 0.717) is 5.13 Å². The number of carbonyl (C=O) groups is 2. The summed E-state index contributed by atoms with van der Waals surface area (Å²) in [6, 6.07) is 11.9. The summed E-state index contributed by atoms with van der Waals surface area (Å²) in [5.41, 5.74) is 3.07. The van der Waals surface area contributed by atoms with Gasteiger partial charge in [-0.3, -0.25) is 14.9 Å². The second kappa shape index (κ2) is 8.73. The van der Waals surface area contributed by atoms with Crippen molar-refractivity contribution in [2.45, 2.75) is 19.8 Å². The van der Waals surface area contributed by atoms with Crippen LogP contribution in [0.1, 0.15) is 17.4 Å². The number of nitrogens with one attached hydrogen (secondary N) is 1. The molecule has 2 heterocycles. The smallest absolute Gasteiger partial charge is 0.311 e. The summed E-state index contributed by atoms with van der Waals surface area (Å²) in [5, 5.41) is 6.93. The first-order valence-corrected chi connectivity index (χ1v) is 9.92. The van der Waals surface area contributed by atoms with Crippen LogP contribution >= 0.6 is 22.7 Å². The number of aromatic nitrogens is 1. The number of aryl methyl sites for hydroxylation is 1. The van der Waals surface area contributed by atoms with Crippen molar-refractivity contribution in [3.8, 4) is 11.3 Å². The number of hydrogen-bond acceptors (Lipinski definition) is 6. The van der Waals surface area contributed by atoms with Gasteiger partial charge in [-0.05, 0) is 23.4 Å². The fourth-order valence-electron chi connectivity index (χ4n) is 2.28. The van der Waals surface area contributed by atoms with Crippen LogP contribution in [0, 0.1) is 0 Å². The van der Waals surface area contributed by atoms with Gasteiger partial charge >= 0.3 is 5.97 Å². The standard InChI is InChI=1S/C19H18N2O3S2/c1-2-13-5-7-14(8-6-13)16-12-26-19(20-16)21-17(22)11-24-18(23)10-15-4-3-9-25-15/h3-9,12H,2,10-11H2,1H3,(H,20,21,22). The van der Waals surface area contributed by atoms with E-state index in [2.05, 4.69) is 29.4 Å². The Labute approximate surface area is 159 Å². The molecule has 7 heteroatoms. The number of nitrogens with zero attached hydrogens (tertiary/aromatic N) is 1. The molecule has 26 heavy (non-hydrogen) atoms. The average Bonchev–Trinajstić information content (AvgIpc) is 3.32. The first kappa shape index (κ1) is 18.3. The highest BCUT2D eigenvalue weighted by atomic mass is 32.1. The molecule has 5 nitrogen and oxygen atoms in total. The number of carbonyl (C=O) groups excluding carboxylic acids is 2. The molecule has 3 rings (SSSR count). The van der Waals surface area contributed by atoms with Gasteiger partial charge < -0.3 is 4.74 Å². The summed E-state index contributed by atoms with van der Waals surface area (Å²) in [5.74, 6) is -0.815. The summed E-state index contributed by atoms with van der Waals surface area (Å²) < 4.78 is 5.00. The molecule has 0 aliphatic carbocycles. The average molecular weight is 386 g/mol. The molecule has 1 aromatic carbocycles. The Morgan fingerprint density at radius 2 is 1.96 bits per heavy atom. The predicted molar refractivity (Wildman–Crippen MR) is 105 cm³/mol. The van der Waals surface area contributed by atoms with Gasteiger partial charge in [0, 0.05) is 15.8 Å². The molecule has 1 amide bonds. The Hall–Kier alpha value is -2.51. The zero-order chi connectivity index (χ0) is 18.4. The molecule has 0 bridgehead atoms. The SMILES string of the molecule is CCc1ccc(-c2csc(NC(=O)COC(=O)Cc3cccs3)n2)cc1. The maximum absolute atomic E-state index is 11.9. The molecule has 0 saturated heterocycles. The topological polar surface area (TPSA) is 68.3 Å². The number of hydrogen-bond donors (Lipinski definition) is 1. The molecule has 134 valence electrons. The van der Waals surface area contributed by atoms with Crippen LogP contribution in [-0.2, 0) is 27.2 Å². The van der Waals surface area contributed by atoms with Gasteiger partial charge in [-0.1, -0.05) is 37.3 Å². The molecule has 0 aliphatic rings. The molecule has 0 saturated carbocycles. The van der Waals surface area contributed by atoms with Crippen molar-refractivity contribution >= 4 is 39.7 Å². The highest BCUT2D eigenvalue weighted by Gasteiger charge is 2.11. The Balaban J connectivity index is 1.50. The Kier molecular flexibility index (Phi) is 6.14. The van der Waals surface area contributed by atoms with E-state index in [1.165, 1.54) is 28.2 Å². The number of ether oxygens (including phenoxy) is 1. The van der Waals surface area contributed by atoms with Crippen LogP contribution in [0.4, 0.5) is 5.13 Å². The zero-order valence-electron chi connectivity index (χ0n) is 14.2. The van der Waals surface area contributed by atoms with E-state index >= 15 is 0 Å².